The van der Waals surface area contributed by atoms with Crippen LogP contribution in [0.5, 0.6) is 11.5 Å². The van der Waals surface area contributed by atoms with Crippen LogP contribution < -0.4 is 14.8 Å². The molecule has 1 N–H and O–H groups in total. The van der Waals surface area contributed by atoms with E-state index in [1.54, 1.807) is 25.6 Å². The number of rotatable bonds is 5. The molecule has 152 valence electrons. The summed E-state index contributed by atoms with van der Waals surface area (Å²) >= 11 is 2.97. The average molecular weight is 430 g/mol. The summed E-state index contributed by atoms with van der Waals surface area (Å²) in [4.78, 5) is 24.0. The van der Waals surface area contributed by atoms with Gasteiger partial charge in [-0.3, -0.25) is 10.1 Å². The number of nitrogens with zero attached hydrogens (tertiary/aromatic N) is 2. The van der Waals surface area contributed by atoms with E-state index < -0.39 is 0 Å². The van der Waals surface area contributed by atoms with Gasteiger partial charge in [-0.05, 0) is 50.8 Å². The van der Waals surface area contributed by atoms with Gasteiger partial charge in [-0.2, -0.15) is 0 Å². The van der Waals surface area contributed by atoms with E-state index in [0.717, 1.165) is 29.1 Å². The predicted molar refractivity (Wildman–Crippen MR) is 117 cm³/mol. The monoisotopic (exact) mass is 429 g/mol. The zero-order chi connectivity index (χ0) is 20.4. The van der Waals surface area contributed by atoms with Crippen molar-refractivity contribution >= 4 is 33.7 Å². The molecule has 2 aromatic heterocycles. The van der Waals surface area contributed by atoms with E-state index in [2.05, 4.69) is 15.3 Å². The number of ether oxygens (including phenoxy) is 2. The van der Waals surface area contributed by atoms with Gasteiger partial charge in [0.25, 0.3) is 5.91 Å². The predicted octanol–water partition coefficient (Wildman–Crippen LogP) is 5.11. The molecule has 3 aromatic rings. The number of aryl methyl sites for hydroxylation is 3. The van der Waals surface area contributed by atoms with Crippen LogP contribution in [0.25, 0.3) is 10.6 Å². The van der Waals surface area contributed by atoms with E-state index in [0.29, 0.717) is 27.2 Å². The van der Waals surface area contributed by atoms with Crippen molar-refractivity contribution in [1.29, 1.82) is 0 Å². The van der Waals surface area contributed by atoms with Crippen LogP contribution in [0.1, 0.15) is 45.2 Å². The molecule has 8 heteroatoms. The van der Waals surface area contributed by atoms with Crippen LogP contribution in [0.2, 0.25) is 0 Å². The molecular formula is C21H23N3O3S2. The zero-order valence-electron chi connectivity index (χ0n) is 16.7. The van der Waals surface area contributed by atoms with Gasteiger partial charge in [0.1, 0.15) is 9.88 Å². The van der Waals surface area contributed by atoms with Gasteiger partial charge in [0.15, 0.2) is 16.6 Å². The fourth-order valence-corrected chi connectivity index (χ4v) is 5.44. The Hall–Kier alpha value is -2.45. The molecule has 1 amide bonds. The molecule has 0 bridgehead atoms. The van der Waals surface area contributed by atoms with Gasteiger partial charge < -0.3 is 9.47 Å². The summed E-state index contributed by atoms with van der Waals surface area (Å²) in [6.45, 7) is 1.85. The number of hydrogen-bond acceptors (Lipinski definition) is 7. The number of amides is 1. The molecule has 1 aliphatic carbocycles. The number of carbonyl (C=O) groups is 1. The summed E-state index contributed by atoms with van der Waals surface area (Å²) in [5.74, 6) is 1.13. The minimum atomic E-state index is -0.157. The van der Waals surface area contributed by atoms with Gasteiger partial charge >= 0.3 is 0 Å². The van der Waals surface area contributed by atoms with Gasteiger partial charge in [0.05, 0.1) is 25.6 Å². The number of benzene rings is 1. The van der Waals surface area contributed by atoms with Crippen molar-refractivity contribution in [2.24, 2.45) is 0 Å². The summed E-state index contributed by atoms with van der Waals surface area (Å²) in [6.07, 6.45) is 5.69. The molecule has 6 nitrogen and oxygen atoms in total. The van der Waals surface area contributed by atoms with E-state index in [-0.39, 0.29) is 5.91 Å². The maximum atomic E-state index is 12.9. The molecule has 4 rings (SSSR count). The Balaban J connectivity index is 1.55. The summed E-state index contributed by atoms with van der Waals surface area (Å²) in [7, 11) is 3.20. The Morgan fingerprint density at radius 2 is 1.83 bits per heavy atom. The Morgan fingerprint density at radius 1 is 1.03 bits per heavy atom. The van der Waals surface area contributed by atoms with Crippen LogP contribution in [0.4, 0.5) is 5.13 Å². The molecule has 0 radical (unpaired) electrons. The minimum Gasteiger partial charge on any atom is -0.493 e. The first-order chi connectivity index (χ1) is 14.1. The van der Waals surface area contributed by atoms with Crippen LogP contribution in [-0.4, -0.2) is 30.1 Å². The average Bonchev–Trinajstić information content (AvgIpc) is 3.23. The fraction of sp³-hybridized carbons (Fsp3) is 0.381. The van der Waals surface area contributed by atoms with Crippen LogP contribution in [0.3, 0.4) is 0 Å². The van der Waals surface area contributed by atoms with Gasteiger partial charge in [0, 0.05) is 10.4 Å². The second-order valence-electron chi connectivity index (χ2n) is 6.91. The number of thiazole rings is 2. The first-order valence-electron chi connectivity index (χ1n) is 9.58. The lowest BCUT2D eigenvalue weighted by molar-refractivity contribution is 0.103. The standard InChI is InChI=1S/C21H23N3O3S2/c1-12-18(19(25)24-21-23-14-7-5-4-6-8-17(14)28-21)29-20(22-12)13-9-10-15(26-2)16(11-13)27-3/h9-11H,4-8H2,1-3H3,(H,23,24,25). The third-order valence-corrected chi connectivity index (χ3v) is 7.23. The molecule has 29 heavy (non-hydrogen) atoms. The highest BCUT2D eigenvalue weighted by molar-refractivity contribution is 7.18. The lowest BCUT2D eigenvalue weighted by Gasteiger charge is -2.08. The van der Waals surface area contributed by atoms with Gasteiger partial charge in [0.2, 0.25) is 0 Å². The first-order valence-corrected chi connectivity index (χ1v) is 11.2. The molecule has 0 atom stereocenters. The van der Waals surface area contributed by atoms with Crippen molar-refractivity contribution < 1.29 is 14.3 Å². The summed E-state index contributed by atoms with van der Waals surface area (Å²) < 4.78 is 10.7. The van der Waals surface area contributed by atoms with Crippen LogP contribution in [-0.2, 0) is 12.8 Å². The van der Waals surface area contributed by atoms with E-state index in [4.69, 9.17) is 9.47 Å². The van der Waals surface area contributed by atoms with Gasteiger partial charge in [-0.1, -0.05) is 6.42 Å². The third-order valence-electron chi connectivity index (χ3n) is 4.95. The molecule has 0 unspecified atom stereocenters. The zero-order valence-corrected chi connectivity index (χ0v) is 18.3. The SMILES string of the molecule is COc1ccc(-c2nc(C)c(C(=O)Nc3nc4c(s3)CCCCC4)s2)cc1OC. The topological polar surface area (TPSA) is 73.3 Å². The van der Waals surface area contributed by atoms with Crippen LogP contribution in [0, 0.1) is 6.92 Å². The molecule has 0 spiro atoms. The Labute approximate surface area is 177 Å². The van der Waals surface area contributed by atoms with E-state index in [1.807, 2.05) is 25.1 Å². The number of aromatic nitrogens is 2. The number of fused-ring (bicyclic) bond motifs is 1. The van der Waals surface area contributed by atoms with E-state index in [1.165, 1.54) is 35.5 Å². The molecule has 2 heterocycles. The third kappa shape index (κ3) is 4.13. The normalized spacial score (nSPS) is 13.5. The van der Waals surface area contributed by atoms with E-state index >= 15 is 0 Å². The molecule has 1 aromatic carbocycles. The number of carbonyl (C=O) groups excluding carboxylic acids is 1. The van der Waals surface area contributed by atoms with Gasteiger partial charge in [-0.25, -0.2) is 9.97 Å². The molecule has 0 saturated heterocycles. The lowest BCUT2D eigenvalue weighted by Crippen LogP contribution is -2.11. The van der Waals surface area contributed by atoms with Crippen molar-refractivity contribution in [2.45, 2.75) is 39.0 Å². The molecule has 0 fully saturated rings. The number of methoxy groups -OCH3 is 2. The lowest BCUT2D eigenvalue weighted by atomic mass is 10.2. The van der Waals surface area contributed by atoms with Crippen molar-refractivity contribution in [3.05, 3.63) is 39.3 Å². The Bertz CT molecular complexity index is 1020. The van der Waals surface area contributed by atoms with Crippen molar-refractivity contribution in [3.63, 3.8) is 0 Å². The van der Waals surface area contributed by atoms with Crippen molar-refractivity contribution in [3.8, 4) is 22.1 Å². The number of hydrogen-bond donors (Lipinski definition) is 1. The highest BCUT2D eigenvalue weighted by Gasteiger charge is 2.20. The highest BCUT2D eigenvalue weighted by Crippen LogP contribution is 2.35. The molecular weight excluding hydrogens is 406 g/mol. The number of anilines is 1. The molecule has 0 saturated carbocycles. The number of nitrogens with one attached hydrogen (secondary N) is 1. The van der Waals surface area contributed by atoms with Crippen molar-refractivity contribution in [2.75, 3.05) is 19.5 Å². The summed E-state index contributed by atoms with van der Waals surface area (Å²) in [6, 6.07) is 5.63. The van der Waals surface area contributed by atoms with E-state index in [9.17, 15) is 4.79 Å². The van der Waals surface area contributed by atoms with Gasteiger partial charge in [-0.15, -0.1) is 22.7 Å². The second kappa shape index (κ2) is 8.51. The second-order valence-corrected chi connectivity index (χ2v) is 8.99. The van der Waals surface area contributed by atoms with Crippen molar-refractivity contribution in [1.82, 2.24) is 9.97 Å². The Morgan fingerprint density at radius 3 is 2.62 bits per heavy atom. The summed E-state index contributed by atoms with van der Waals surface area (Å²) in [5, 5.41) is 4.43. The fourth-order valence-electron chi connectivity index (χ4n) is 3.44. The Kier molecular flexibility index (Phi) is 5.82. The molecule has 1 aliphatic rings. The summed E-state index contributed by atoms with van der Waals surface area (Å²) in [5.41, 5.74) is 2.74. The van der Waals surface area contributed by atoms with Crippen LogP contribution in [0.15, 0.2) is 18.2 Å². The smallest absolute Gasteiger partial charge is 0.269 e. The molecule has 0 aliphatic heterocycles. The highest BCUT2D eigenvalue weighted by atomic mass is 32.1. The largest absolute Gasteiger partial charge is 0.493 e. The quantitative estimate of drug-likeness (QED) is 0.570. The minimum absolute atomic E-state index is 0.157. The maximum absolute atomic E-state index is 12.9. The first kappa shape index (κ1) is 19.8. The maximum Gasteiger partial charge on any atom is 0.269 e. The van der Waals surface area contributed by atoms with Crippen LogP contribution >= 0.6 is 22.7 Å².